The van der Waals surface area contributed by atoms with Crippen LogP contribution in [-0.4, -0.2) is 0 Å². The third-order valence-electron chi connectivity index (χ3n) is 11.4. The molecular formula is C47H30. The van der Waals surface area contributed by atoms with Gasteiger partial charge in [-0.15, -0.1) is 0 Å². The van der Waals surface area contributed by atoms with Crippen LogP contribution >= 0.6 is 0 Å². The monoisotopic (exact) mass is 594 g/mol. The van der Waals surface area contributed by atoms with E-state index in [4.69, 9.17) is 0 Å². The van der Waals surface area contributed by atoms with E-state index in [1.807, 2.05) is 0 Å². The van der Waals surface area contributed by atoms with Crippen molar-refractivity contribution in [3.63, 3.8) is 0 Å². The molecule has 9 aromatic carbocycles. The van der Waals surface area contributed by atoms with Gasteiger partial charge in [-0.3, -0.25) is 0 Å². The fourth-order valence-electron chi connectivity index (χ4n) is 9.43. The van der Waals surface area contributed by atoms with Crippen LogP contribution in [0.3, 0.4) is 0 Å². The van der Waals surface area contributed by atoms with Crippen molar-refractivity contribution in [2.75, 3.05) is 0 Å². The summed E-state index contributed by atoms with van der Waals surface area (Å²) in [7, 11) is 0. The lowest BCUT2D eigenvalue weighted by Crippen LogP contribution is -2.25. The topological polar surface area (TPSA) is 0 Å². The van der Waals surface area contributed by atoms with Crippen LogP contribution < -0.4 is 0 Å². The second kappa shape index (κ2) is 9.18. The molecule has 0 heterocycles. The Balaban J connectivity index is 1.21. The lowest BCUT2D eigenvalue weighted by Gasteiger charge is -2.27. The molecule has 0 nitrogen and oxygen atoms in total. The Kier molecular flexibility index (Phi) is 4.97. The van der Waals surface area contributed by atoms with Crippen LogP contribution in [0.1, 0.15) is 22.3 Å². The highest BCUT2D eigenvalue weighted by molar-refractivity contribution is 6.39. The van der Waals surface area contributed by atoms with E-state index in [2.05, 4.69) is 158 Å². The molecule has 2 aliphatic carbocycles. The second-order valence-electron chi connectivity index (χ2n) is 13.7. The molecule has 0 amide bonds. The second-order valence-corrected chi connectivity index (χ2v) is 13.7. The van der Waals surface area contributed by atoms with Crippen LogP contribution in [-0.2, 0) is 18.3 Å². The Labute approximate surface area is 273 Å². The van der Waals surface area contributed by atoms with E-state index in [0.29, 0.717) is 0 Å². The molecule has 0 radical (unpaired) electrons. The van der Waals surface area contributed by atoms with Crippen molar-refractivity contribution < 1.29 is 0 Å². The Morgan fingerprint density at radius 1 is 0.319 bits per heavy atom. The highest BCUT2D eigenvalue weighted by Gasteiger charge is 2.47. The molecule has 2 aliphatic rings. The lowest BCUT2D eigenvalue weighted by atomic mass is 9.75. The van der Waals surface area contributed by atoms with Crippen molar-refractivity contribution >= 4 is 53.9 Å². The van der Waals surface area contributed by atoms with E-state index in [0.717, 1.165) is 12.8 Å². The molecular weight excluding hydrogens is 565 g/mol. The summed E-state index contributed by atoms with van der Waals surface area (Å²) in [5.41, 5.74) is 11.3. The van der Waals surface area contributed by atoms with Gasteiger partial charge in [0.2, 0.25) is 0 Å². The number of benzene rings is 9. The maximum absolute atomic E-state index is 2.53. The van der Waals surface area contributed by atoms with Gasteiger partial charge < -0.3 is 0 Å². The molecule has 0 fully saturated rings. The summed E-state index contributed by atoms with van der Waals surface area (Å²) in [6.07, 6.45) is 2.12. The highest BCUT2D eigenvalue weighted by atomic mass is 14.5. The summed E-state index contributed by atoms with van der Waals surface area (Å²) < 4.78 is 0. The third-order valence-corrected chi connectivity index (χ3v) is 11.4. The quantitative estimate of drug-likeness (QED) is 0.166. The van der Waals surface area contributed by atoms with Gasteiger partial charge >= 0.3 is 0 Å². The zero-order chi connectivity index (χ0) is 30.7. The van der Waals surface area contributed by atoms with E-state index < -0.39 is 0 Å². The van der Waals surface area contributed by atoms with Gasteiger partial charge in [-0.2, -0.15) is 0 Å². The normalized spacial score (nSPS) is 14.4. The highest BCUT2D eigenvalue weighted by Crippen LogP contribution is 2.56. The minimum Gasteiger partial charge on any atom is -0.0620 e. The van der Waals surface area contributed by atoms with Gasteiger partial charge in [0.15, 0.2) is 0 Å². The molecule has 0 bridgehead atoms. The van der Waals surface area contributed by atoms with Crippen molar-refractivity contribution in [3.8, 4) is 22.3 Å². The molecule has 0 N–H and O–H groups in total. The van der Waals surface area contributed by atoms with E-state index in [1.54, 1.807) is 0 Å². The molecule has 9 aromatic rings. The minimum absolute atomic E-state index is 0.0134. The molecule has 0 saturated carbocycles. The standard InChI is InChI=1S/C47H30/c1-2-12-32-28-47(27-31(32)11-1)43-20-10-9-16-37(43)38-24-22-30(26-44(38)47)29-21-23-36-35-15-5-7-18-40(35)45-39-17-6-3-13-33(39)34-14-4-8-19-41(34)46(45)42(36)25-29/h1-26H,27-28H2. The first-order valence-electron chi connectivity index (χ1n) is 16.8. The lowest BCUT2D eigenvalue weighted by molar-refractivity contribution is 0.564. The maximum atomic E-state index is 2.53. The zero-order valence-electron chi connectivity index (χ0n) is 25.9. The summed E-state index contributed by atoms with van der Waals surface area (Å²) in [6, 6.07) is 59.6. The fourth-order valence-corrected chi connectivity index (χ4v) is 9.43. The number of fused-ring (bicyclic) bond motifs is 17. The first kappa shape index (κ1) is 25.5. The van der Waals surface area contributed by atoms with Crippen LogP contribution in [0.2, 0.25) is 0 Å². The Bertz CT molecular complexity index is 2760. The average molecular weight is 595 g/mol. The molecule has 11 rings (SSSR count). The molecule has 0 atom stereocenters. The number of rotatable bonds is 1. The van der Waals surface area contributed by atoms with E-state index in [9.17, 15) is 0 Å². The van der Waals surface area contributed by atoms with Crippen LogP contribution in [0.5, 0.6) is 0 Å². The fraction of sp³-hybridized carbons (Fsp3) is 0.0638. The predicted octanol–water partition coefficient (Wildman–Crippen LogP) is 12.2. The first-order chi connectivity index (χ1) is 23.3. The van der Waals surface area contributed by atoms with Crippen LogP contribution in [0.25, 0.3) is 76.1 Å². The Morgan fingerprint density at radius 2 is 0.766 bits per heavy atom. The third kappa shape index (κ3) is 3.32. The predicted molar refractivity (Wildman–Crippen MR) is 199 cm³/mol. The largest absolute Gasteiger partial charge is 0.0620 e. The summed E-state index contributed by atoms with van der Waals surface area (Å²) in [6.45, 7) is 0. The van der Waals surface area contributed by atoms with Crippen molar-refractivity contribution in [3.05, 3.63) is 180 Å². The molecule has 0 unspecified atom stereocenters. The van der Waals surface area contributed by atoms with E-state index >= 15 is 0 Å². The van der Waals surface area contributed by atoms with Crippen molar-refractivity contribution in [2.45, 2.75) is 18.3 Å². The van der Waals surface area contributed by atoms with Gasteiger partial charge in [-0.25, -0.2) is 0 Å². The van der Waals surface area contributed by atoms with Gasteiger partial charge in [-0.1, -0.05) is 146 Å². The van der Waals surface area contributed by atoms with Gasteiger partial charge in [-0.05, 0) is 123 Å². The summed E-state index contributed by atoms with van der Waals surface area (Å²) >= 11 is 0. The van der Waals surface area contributed by atoms with E-state index in [-0.39, 0.29) is 5.41 Å². The van der Waals surface area contributed by atoms with Crippen molar-refractivity contribution in [1.29, 1.82) is 0 Å². The maximum Gasteiger partial charge on any atom is 0.0296 e. The molecule has 1 spiro atoms. The number of hydrogen-bond acceptors (Lipinski definition) is 0. The Morgan fingerprint density at radius 3 is 1.40 bits per heavy atom. The molecule has 47 heavy (non-hydrogen) atoms. The van der Waals surface area contributed by atoms with Gasteiger partial charge in [0.1, 0.15) is 0 Å². The van der Waals surface area contributed by atoms with Gasteiger partial charge in [0, 0.05) is 5.41 Å². The molecule has 0 aliphatic heterocycles. The summed E-state index contributed by atoms with van der Waals surface area (Å²) in [5, 5.41) is 13.3. The van der Waals surface area contributed by atoms with Crippen molar-refractivity contribution in [1.82, 2.24) is 0 Å². The molecule has 0 saturated heterocycles. The smallest absolute Gasteiger partial charge is 0.0296 e. The SMILES string of the molecule is c1ccc2c(c1)CC1(C2)c2ccccc2-c2ccc(-c3ccc4c5ccccc5c5c6ccccc6c6ccccc6c5c4c3)cc21. The van der Waals surface area contributed by atoms with E-state index in [1.165, 1.54) is 98.4 Å². The van der Waals surface area contributed by atoms with Gasteiger partial charge in [0.25, 0.3) is 0 Å². The zero-order valence-corrected chi connectivity index (χ0v) is 25.9. The van der Waals surface area contributed by atoms with Crippen LogP contribution in [0, 0.1) is 0 Å². The van der Waals surface area contributed by atoms with Crippen molar-refractivity contribution in [2.24, 2.45) is 0 Å². The van der Waals surface area contributed by atoms with Gasteiger partial charge in [0.05, 0.1) is 0 Å². The molecule has 0 aromatic heterocycles. The van der Waals surface area contributed by atoms with Crippen LogP contribution in [0.15, 0.2) is 158 Å². The first-order valence-corrected chi connectivity index (χ1v) is 16.8. The molecule has 218 valence electrons. The number of hydrogen-bond donors (Lipinski definition) is 0. The summed E-state index contributed by atoms with van der Waals surface area (Å²) in [5.74, 6) is 0. The van der Waals surface area contributed by atoms with Crippen LogP contribution in [0.4, 0.5) is 0 Å². The summed E-state index contributed by atoms with van der Waals surface area (Å²) in [4.78, 5) is 0. The Hall–Kier alpha value is -5.72. The molecule has 0 heteroatoms. The minimum atomic E-state index is -0.0134. The average Bonchev–Trinajstić information content (AvgIpc) is 3.66.